The number of aromatic nitrogens is 3. The van der Waals surface area contributed by atoms with Gasteiger partial charge in [0.25, 0.3) is 0 Å². The van der Waals surface area contributed by atoms with Crippen LogP contribution in [0.3, 0.4) is 0 Å². The minimum atomic E-state index is -0.238. The topological polar surface area (TPSA) is 30.7 Å². The maximum absolute atomic E-state index is 13.3. The molecule has 0 saturated carbocycles. The lowest BCUT2D eigenvalue weighted by Crippen LogP contribution is -1.97. The van der Waals surface area contributed by atoms with Crippen LogP contribution in [0.1, 0.15) is 6.92 Å². The summed E-state index contributed by atoms with van der Waals surface area (Å²) in [7, 11) is 0. The van der Waals surface area contributed by atoms with Crippen LogP contribution >= 0.6 is 11.8 Å². The molecule has 0 fully saturated rings. The average molecular weight is 287 g/mol. The Bertz CT molecular complexity index is 739. The molecule has 0 aliphatic carbocycles. The lowest BCUT2D eigenvalue weighted by atomic mass is 10.1. The van der Waals surface area contributed by atoms with Crippen molar-refractivity contribution in [2.75, 3.05) is 5.75 Å². The van der Waals surface area contributed by atoms with Gasteiger partial charge in [-0.1, -0.05) is 19.1 Å². The van der Waals surface area contributed by atoms with Crippen LogP contribution in [0, 0.1) is 5.82 Å². The zero-order valence-corrected chi connectivity index (χ0v) is 11.9. The Morgan fingerprint density at radius 1 is 1.20 bits per heavy atom. The zero-order chi connectivity index (χ0) is 13.9. The molecule has 0 unspecified atom stereocenters. The smallest absolute Gasteiger partial charge is 0.123 e. The molecule has 0 aliphatic rings. The van der Waals surface area contributed by atoms with E-state index in [1.54, 1.807) is 30.2 Å². The van der Waals surface area contributed by atoms with Crippen LogP contribution in [-0.4, -0.2) is 20.5 Å². The summed E-state index contributed by atoms with van der Waals surface area (Å²) in [6.07, 6.45) is 3.52. The molecule has 3 nitrogen and oxygen atoms in total. The molecule has 20 heavy (non-hydrogen) atoms. The van der Waals surface area contributed by atoms with E-state index in [1.807, 2.05) is 16.8 Å². The van der Waals surface area contributed by atoms with Crippen LogP contribution in [0.25, 0.3) is 22.2 Å². The number of fused-ring (bicyclic) bond motifs is 1. The first-order valence-electron chi connectivity index (χ1n) is 6.43. The van der Waals surface area contributed by atoms with Gasteiger partial charge >= 0.3 is 0 Å². The third-order valence-electron chi connectivity index (χ3n) is 3.07. The third-order valence-corrected chi connectivity index (χ3v) is 3.91. The average Bonchev–Trinajstić information content (AvgIpc) is 2.87. The minimum absolute atomic E-state index is 0.238. The van der Waals surface area contributed by atoms with E-state index < -0.39 is 0 Å². The number of benzene rings is 1. The molecular formula is C15H14FN3S. The highest BCUT2D eigenvalue weighted by Gasteiger charge is 2.07. The van der Waals surface area contributed by atoms with E-state index in [0.29, 0.717) is 0 Å². The van der Waals surface area contributed by atoms with E-state index in [-0.39, 0.29) is 5.82 Å². The molecule has 5 heteroatoms. The van der Waals surface area contributed by atoms with Gasteiger partial charge in [-0.2, -0.15) is 5.10 Å². The number of pyridine rings is 1. The third kappa shape index (κ3) is 2.54. The molecule has 0 aliphatic heterocycles. The molecule has 0 N–H and O–H groups in total. The maximum atomic E-state index is 13.3. The monoisotopic (exact) mass is 287 g/mol. The molecule has 3 rings (SSSR count). The highest BCUT2D eigenvalue weighted by molar-refractivity contribution is 7.98. The van der Waals surface area contributed by atoms with Gasteiger partial charge in [0, 0.05) is 11.8 Å². The Labute approximate surface area is 120 Å². The quantitative estimate of drug-likeness (QED) is 0.728. The van der Waals surface area contributed by atoms with Crippen LogP contribution in [0.15, 0.2) is 42.7 Å². The Morgan fingerprint density at radius 3 is 2.90 bits per heavy atom. The second-order valence-corrected chi connectivity index (χ2v) is 5.65. The maximum Gasteiger partial charge on any atom is 0.123 e. The number of hydrogen-bond donors (Lipinski definition) is 0. The molecule has 0 saturated heterocycles. The van der Waals surface area contributed by atoms with Crippen molar-refractivity contribution in [2.24, 2.45) is 0 Å². The molecule has 0 bridgehead atoms. The van der Waals surface area contributed by atoms with Crippen LogP contribution in [0.2, 0.25) is 0 Å². The van der Waals surface area contributed by atoms with Crippen molar-refractivity contribution < 1.29 is 4.39 Å². The Morgan fingerprint density at radius 2 is 2.10 bits per heavy atom. The van der Waals surface area contributed by atoms with Gasteiger partial charge in [-0.25, -0.2) is 4.39 Å². The molecule has 0 atom stereocenters. The van der Waals surface area contributed by atoms with Crippen molar-refractivity contribution in [3.8, 4) is 11.1 Å². The van der Waals surface area contributed by atoms with Crippen LogP contribution < -0.4 is 0 Å². The van der Waals surface area contributed by atoms with Crippen molar-refractivity contribution >= 4 is 22.8 Å². The summed E-state index contributed by atoms with van der Waals surface area (Å²) in [5.74, 6) is 1.60. The van der Waals surface area contributed by atoms with Crippen molar-refractivity contribution in [3.05, 3.63) is 48.5 Å². The van der Waals surface area contributed by atoms with E-state index in [0.717, 1.165) is 33.8 Å². The fraction of sp³-hybridized carbons (Fsp3) is 0.200. The van der Waals surface area contributed by atoms with Gasteiger partial charge in [-0.05, 0) is 29.5 Å². The summed E-state index contributed by atoms with van der Waals surface area (Å²) in [5, 5.41) is 4.34. The fourth-order valence-corrected chi connectivity index (χ4v) is 2.62. The first kappa shape index (κ1) is 13.1. The zero-order valence-electron chi connectivity index (χ0n) is 11.1. The Balaban J connectivity index is 2.04. The minimum Gasteiger partial charge on any atom is -0.253 e. The highest BCUT2D eigenvalue weighted by atomic mass is 32.2. The fourth-order valence-electron chi connectivity index (χ4n) is 2.06. The van der Waals surface area contributed by atoms with Crippen molar-refractivity contribution in [2.45, 2.75) is 12.8 Å². The molecule has 0 amide bonds. The number of nitrogens with zero attached hydrogens (tertiary/aromatic N) is 3. The normalized spacial score (nSPS) is 11.1. The van der Waals surface area contributed by atoms with Crippen LogP contribution in [0.5, 0.6) is 0 Å². The van der Waals surface area contributed by atoms with E-state index >= 15 is 0 Å². The molecule has 2 aromatic heterocycles. The van der Waals surface area contributed by atoms with Gasteiger partial charge in [-0.15, -0.1) is 11.8 Å². The predicted molar refractivity (Wildman–Crippen MR) is 81.1 cm³/mol. The first-order valence-corrected chi connectivity index (χ1v) is 7.58. The van der Waals surface area contributed by atoms with Crippen LogP contribution in [-0.2, 0) is 5.88 Å². The summed E-state index contributed by atoms with van der Waals surface area (Å²) < 4.78 is 15.2. The van der Waals surface area contributed by atoms with E-state index in [4.69, 9.17) is 0 Å². The van der Waals surface area contributed by atoms with Gasteiger partial charge in [-0.3, -0.25) is 9.67 Å². The highest BCUT2D eigenvalue weighted by Crippen LogP contribution is 2.23. The Hall–Kier alpha value is -1.88. The Kier molecular flexibility index (Phi) is 3.69. The van der Waals surface area contributed by atoms with Crippen molar-refractivity contribution in [3.63, 3.8) is 0 Å². The lowest BCUT2D eigenvalue weighted by molar-refractivity contribution is 0.628. The van der Waals surface area contributed by atoms with E-state index in [2.05, 4.69) is 17.0 Å². The van der Waals surface area contributed by atoms with Gasteiger partial charge in [0.1, 0.15) is 11.3 Å². The standard InChI is InChI=1S/C15H14FN3S/c1-2-20-10-19-15-7-12(8-17-14(15)9-18-19)11-4-3-5-13(16)6-11/h3-9H,2,10H2,1H3. The van der Waals surface area contributed by atoms with Gasteiger partial charge in [0.15, 0.2) is 0 Å². The molecule has 102 valence electrons. The number of halogens is 1. The first-order chi connectivity index (χ1) is 9.78. The molecular weight excluding hydrogens is 273 g/mol. The summed E-state index contributed by atoms with van der Waals surface area (Å²) in [4.78, 5) is 4.40. The number of rotatable bonds is 4. The molecule has 2 heterocycles. The van der Waals surface area contributed by atoms with E-state index in [9.17, 15) is 4.39 Å². The summed E-state index contributed by atoms with van der Waals surface area (Å²) in [5.41, 5.74) is 3.57. The lowest BCUT2D eigenvalue weighted by Gasteiger charge is -2.04. The number of thioether (sulfide) groups is 1. The van der Waals surface area contributed by atoms with Crippen LogP contribution in [0.4, 0.5) is 4.39 Å². The molecule has 1 aromatic carbocycles. The molecule has 0 radical (unpaired) electrons. The largest absolute Gasteiger partial charge is 0.253 e. The van der Waals surface area contributed by atoms with E-state index in [1.165, 1.54) is 12.1 Å². The summed E-state index contributed by atoms with van der Waals surface area (Å²) >= 11 is 1.80. The summed E-state index contributed by atoms with van der Waals surface area (Å²) in [6, 6.07) is 8.56. The second kappa shape index (κ2) is 5.63. The van der Waals surface area contributed by atoms with Gasteiger partial charge in [0.2, 0.25) is 0 Å². The van der Waals surface area contributed by atoms with Crippen molar-refractivity contribution in [1.82, 2.24) is 14.8 Å². The van der Waals surface area contributed by atoms with Gasteiger partial charge < -0.3 is 0 Å². The second-order valence-electron chi connectivity index (χ2n) is 4.40. The summed E-state index contributed by atoms with van der Waals surface area (Å²) in [6.45, 7) is 2.12. The molecule has 3 aromatic rings. The van der Waals surface area contributed by atoms with Crippen molar-refractivity contribution in [1.29, 1.82) is 0 Å². The van der Waals surface area contributed by atoms with Gasteiger partial charge in [0.05, 0.1) is 17.6 Å². The molecule has 0 spiro atoms. The predicted octanol–water partition coefficient (Wildman–Crippen LogP) is 3.95. The SMILES string of the molecule is CCSCn1ncc2ncc(-c3cccc(F)c3)cc21. The number of hydrogen-bond acceptors (Lipinski definition) is 3.